The van der Waals surface area contributed by atoms with Crippen LogP contribution in [-0.4, -0.2) is 43.7 Å². The summed E-state index contributed by atoms with van der Waals surface area (Å²) >= 11 is -1.80. The molecule has 1 rings (SSSR count). The second kappa shape index (κ2) is 3.64. The number of halogens is 1. The van der Waals surface area contributed by atoms with Crippen molar-refractivity contribution in [3.63, 3.8) is 0 Å². The van der Waals surface area contributed by atoms with Crippen LogP contribution in [0.5, 0.6) is 0 Å². The van der Waals surface area contributed by atoms with Crippen molar-refractivity contribution in [2.24, 2.45) is 0 Å². The molecule has 0 N–H and O–H groups in total. The minimum atomic E-state index is -1.80. The van der Waals surface area contributed by atoms with Crippen LogP contribution in [0.15, 0.2) is 0 Å². The molecule has 0 aromatic heterocycles. The van der Waals surface area contributed by atoms with E-state index in [0.29, 0.717) is 6.04 Å². The molecule has 0 amide bonds. The van der Waals surface area contributed by atoms with Crippen LogP contribution in [0.2, 0.25) is 0 Å². The number of nitrogens with zero attached hydrogens (tertiary/aromatic N) is 2. The molecule has 2 nitrogen and oxygen atoms in total. The van der Waals surface area contributed by atoms with Gasteiger partial charge < -0.3 is 0 Å². The van der Waals surface area contributed by atoms with Gasteiger partial charge in [0.15, 0.2) is 0 Å². The second-order valence-corrected chi connectivity index (χ2v) is 11.6. The van der Waals surface area contributed by atoms with Crippen LogP contribution < -0.4 is 0 Å². The standard InChI is InChI=1S/C8H18N2.ClH.Sn/c1-7(2)9-6-10-8(3,4)5;;/h7H,6H2,1-5H3;1H;/q-2;;+3/p-1. The zero-order valence-electron chi connectivity index (χ0n) is 8.56. The maximum absolute atomic E-state index is 6.41. The molecule has 0 unspecified atom stereocenters. The predicted molar refractivity (Wildman–Crippen MR) is 55.0 cm³/mol. The van der Waals surface area contributed by atoms with Crippen molar-refractivity contribution in [3.8, 4) is 0 Å². The van der Waals surface area contributed by atoms with Crippen LogP contribution in [0.1, 0.15) is 34.6 Å². The molecule has 1 saturated heterocycles. The third-order valence-corrected chi connectivity index (χ3v) is 11.8. The average molecular weight is 296 g/mol. The molecule has 0 aliphatic carbocycles. The number of rotatable bonds is 1. The molecule has 1 radical (unpaired) electrons. The summed E-state index contributed by atoms with van der Waals surface area (Å²) in [6.45, 7) is 12.3. The Labute approximate surface area is 87.0 Å². The van der Waals surface area contributed by atoms with Gasteiger partial charge in [-0.15, -0.1) is 0 Å². The zero-order valence-corrected chi connectivity index (χ0v) is 12.2. The van der Waals surface area contributed by atoms with Crippen molar-refractivity contribution >= 4 is 28.1 Å². The SMILES string of the molecule is CC(C)[N]1C[N](C(C)(C)C)[Sn]1[Cl]. The minimum absolute atomic E-state index is 0.280. The van der Waals surface area contributed by atoms with E-state index in [2.05, 4.69) is 40.9 Å². The Morgan fingerprint density at radius 1 is 1.33 bits per heavy atom. The van der Waals surface area contributed by atoms with E-state index in [9.17, 15) is 0 Å². The van der Waals surface area contributed by atoms with Crippen LogP contribution in [-0.2, 0) is 0 Å². The van der Waals surface area contributed by atoms with Crippen molar-refractivity contribution in [1.29, 1.82) is 0 Å². The molecule has 1 aliphatic rings. The molecule has 0 aromatic carbocycles. The van der Waals surface area contributed by atoms with Gasteiger partial charge in [0, 0.05) is 0 Å². The molecule has 0 bridgehead atoms. The molecular weight excluding hydrogens is 278 g/mol. The molecule has 1 fully saturated rings. The van der Waals surface area contributed by atoms with Gasteiger partial charge in [-0.1, -0.05) is 0 Å². The average Bonchev–Trinajstić information content (AvgIpc) is 1.80. The van der Waals surface area contributed by atoms with Gasteiger partial charge >= 0.3 is 87.2 Å². The second-order valence-electron chi connectivity index (χ2n) is 4.57. The van der Waals surface area contributed by atoms with Gasteiger partial charge in [0.1, 0.15) is 0 Å². The van der Waals surface area contributed by atoms with E-state index in [-0.39, 0.29) is 5.54 Å². The van der Waals surface area contributed by atoms with Gasteiger partial charge in [-0.3, -0.25) is 0 Å². The molecule has 4 heteroatoms. The molecule has 1 aliphatic heterocycles. The van der Waals surface area contributed by atoms with Crippen molar-refractivity contribution in [3.05, 3.63) is 0 Å². The number of hydrogen-bond donors (Lipinski definition) is 0. The van der Waals surface area contributed by atoms with Crippen LogP contribution >= 0.6 is 8.92 Å². The summed E-state index contributed by atoms with van der Waals surface area (Å²) in [5, 5.41) is 0. The van der Waals surface area contributed by atoms with E-state index in [1.165, 1.54) is 0 Å². The molecule has 12 heavy (non-hydrogen) atoms. The Hall–Kier alpha value is 1.01. The van der Waals surface area contributed by atoms with Crippen LogP contribution in [0.3, 0.4) is 0 Å². The molecule has 0 atom stereocenters. The summed E-state index contributed by atoms with van der Waals surface area (Å²) in [5.41, 5.74) is 0.280. The first-order valence-electron chi connectivity index (χ1n) is 4.41. The fraction of sp³-hybridized carbons (Fsp3) is 1.00. The first-order chi connectivity index (χ1) is 5.34. The molecule has 0 aromatic rings. The molecular formula is C8H18ClN2Sn. The van der Waals surface area contributed by atoms with E-state index in [1.54, 1.807) is 0 Å². The van der Waals surface area contributed by atoms with E-state index >= 15 is 0 Å². The van der Waals surface area contributed by atoms with E-state index in [0.717, 1.165) is 6.67 Å². The van der Waals surface area contributed by atoms with Crippen molar-refractivity contribution in [1.82, 2.24) is 6.24 Å². The summed E-state index contributed by atoms with van der Waals surface area (Å²) in [7, 11) is 6.41. The predicted octanol–water partition coefficient (Wildman–Crippen LogP) is 1.99. The van der Waals surface area contributed by atoms with Gasteiger partial charge in [-0.05, 0) is 0 Å². The van der Waals surface area contributed by atoms with E-state index in [1.807, 2.05) is 0 Å². The molecule has 71 valence electrons. The van der Waals surface area contributed by atoms with E-state index < -0.39 is 19.2 Å². The summed E-state index contributed by atoms with van der Waals surface area (Å²) in [4.78, 5) is 0. The quantitative estimate of drug-likeness (QED) is 0.683. The topological polar surface area (TPSA) is 6.48 Å². The third-order valence-electron chi connectivity index (χ3n) is 2.19. The van der Waals surface area contributed by atoms with E-state index in [4.69, 9.17) is 8.92 Å². The van der Waals surface area contributed by atoms with Gasteiger partial charge in [0.25, 0.3) is 0 Å². The van der Waals surface area contributed by atoms with Crippen LogP contribution in [0.25, 0.3) is 0 Å². The third kappa shape index (κ3) is 2.08. The Morgan fingerprint density at radius 2 is 1.83 bits per heavy atom. The normalized spacial score (nSPS) is 23.2. The fourth-order valence-corrected chi connectivity index (χ4v) is 9.48. The Kier molecular flexibility index (Phi) is 3.36. The molecule has 0 saturated carbocycles. The summed E-state index contributed by atoms with van der Waals surface area (Å²) in [6.07, 6.45) is 0. The van der Waals surface area contributed by atoms with Gasteiger partial charge in [0.2, 0.25) is 0 Å². The van der Waals surface area contributed by atoms with Gasteiger partial charge in [-0.25, -0.2) is 0 Å². The monoisotopic (exact) mass is 297 g/mol. The molecule has 1 heterocycles. The Morgan fingerprint density at radius 3 is 2.08 bits per heavy atom. The maximum atomic E-state index is 6.41. The Bertz CT molecular complexity index is 167. The Balaban J connectivity index is 2.49. The fourth-order valence-electron chi connectivity index (χ4n) is 1.21. The first kappa shape index (κ1) is 11.1. The summed E-state index contributed by atoms with van der Waals surface area (Å²) in [6, 6.07) is 0.635. The van der Waals surface area contributed by atoms with Gasteiger partial charge in [0.05, 0.1) is 0 Å². The summed E-state index contributed by atoms with van der Waals surface area (Å²) in [5.74, 6) is 0. The number of hydrogen-bond acceptors (Lipinski definition) is 2. The van der Waals surface area contributed by atoms with Crippen molar-refractivity contribution < 1.29 is 0 Å². The molecule has 0 spiro atoms. The summed E-state index contributed by atoms with van der Waals surface area (Å²) < 4.78 is 4.95. The van der Waals surface area contributed by atoms with Crippen molar-refractivity contribution in [2.75, 3.05) is 6.67 Å². The van der Waals surface area contributed by atoms with Crippen LogP contribution in [0.4, 0.5) is 0 Å². The van der Waals surface area contributed by atoms with Crippen LogP contribution in [0, 0.1) is 0 Å². The van der Waals surface area contributed by atoms with Crippen molar-refractivity contribution in [2.45, 2.75) is 46.2 Å². The van der Waals surface area contributed by atoms with Gasteiger partial charge in [-0.2, -0.15) is 0 Å². The zero-order chi connectivity index (χ0) is 9.52. The first-order valence-corrected chi connectivity index (χ1v) is 10.6.